The first-order chi connectivity index (χ1) is 4.61. The number of rotatable bonds is 1. The van der Waals surface area contributed by atoms with Crippen LogP contribution in [0.2, 0.25) is 0 Å². The van der Waals surface area contributed by atoms with Gasteiger partial charge in [0.25, 0.3) is 0 Å². The second-order valence-corrected chi connectivity index (χ2v) is 2.02. The first-order valence-electron chi connectivity index (χ1n) is 2.71. The minimum Gasteiger partial charge on any atom is -0.478 e. The fourth-order valence-corrected chi connectivity index (χ4v) is 0.761. The molecule has 0 amide bonds. The van der Waals surface area contributed by atoms with E-state index in [2.05, 4.69) is 4.74 Å². The number of cyclic esters (lactones) is 1. The molecular weight excluding hydrogens is 140 g/mol. The Morgan fingerprint density at radius 1 is 1.70 bits per heavy atom. The van der Waals surface area contributed by atoms with E-state index in [1.165, 1.54) is 0 Å². The maximum Gasteiger partial charge on any atom is 0.347 e. The lowest BCUT2D eigenvalue weighted by atomic mass is 10.2. The summed E-state index contributed by atoms with van der Waals surface area (Å²) < 4.78 is 4.25. The SMILES string of the molecule is O=C1C[C@H](O)[C@@H](C(=O)O)O1. The predicted molar refractivity (Wildman–Crippen MR) is 28.1 cm³/mol. The summed E-state index contributed by atoms with van der Waals surface area (Å²) in [6.07, 6.45) is -2.78. The molecule has 2 atom stereocenters. The molecule has 0 unspecified atom stereocenters. The zero-order valence-electron chi connectivity index (χ0n) is 4.98. The van der Waals surface area contributed by atoms with Crippen molar-refractivity contribution >= 4 is 11.9 Å². The summed E-state index contributed by atoms with van der Waals surface area (Å²) in [6.45, 7) is 0. The number of carbonyl (C=O) groups is 2. The average Bonchev–Trinajstić information content (AvgIpc) is 2.10. The van der Waals surface area contributed by atoms with E-state index in [0.717, 1.165) is 0 Å². The second-order valence-electron chi connectivity index (χ2n) is 2.02. The summed E-state index contributed by atoms with van der Waals surface area (Å²) in [5.74, 6) is -1.97. The van der Waals surface area contributed by atoms with Gasteiger partial charge in [-0.2, -0.15) is 0 Å². The molecule has 1 saturated heterocycles. The zero-order chi connectivity index (χ0) is 7.72. The third-order valence-corrected chi connectivity index (χ3v) is 1.23. The van der Waals surface area contributed by atoms with Gasteiger partial charge in [-0.15, -0.1) is 0 Å². The van der Waals surface area contributed by atoms with E-state index in [1.54, 1.807) is 0 Å². The Bertz CT molecular complexity index is 175. The molecule has 0 aromatic heterocycles. The van der Waals surface area contributed by atoms with Gasteiger partial charge in [0.1, 0.15) is 6.10 Å². The number of aliphatic hydroxyl groups excluding tert-OH is 1. The monoisotopic (exact) mass is 146 g/mol. The van der Waals surface area contributed by atoms with Gasteiger partial charge in [0, 0.05) is 0 Å². The fourth-order valence-electron chi connectivity index (χ4n) is 0.761. The van der Waals surface area contributed by atoms with Crippen molar-refractivity contribution in [2.24, 2.45) is 0 Å². The predicted octanol–water partition coefficient (Wildman–Crippen LogP) is -1.25. The highest BCUT2D eigenvalue weighted by Crippen LogP contribution is 2.14. The van der Waals surface area contributed by atoms with Crippen molar-refractivity contribution in [2.75, 3.05) is 0 Å². The van der Waals surface area contributed by atoms with Crippen molar-refractivity contribution in [3.63, 3.8) is 0 Å². The number of carboxylic acid groups (broad SMARTS) is 1. The van der Waals surface area contributed by atoms with Gasteiger partial charge in [0.2, 0.25) is 6.10 Å². The van der Waals surface area contributed by atoms with Crippen LogP contribution >= 0.6 is 0 Å². The van der Waals surface area contributed by atoms with Crippen LogP contribution in [0.1, 0.15) is 6.42 Å². The normalized spacial score (nSPS) is 31.9. The Morgan fingerprint density at radius 2 is 2.30 bits per heavy atom. The summed E-state index contributed by atoms with van der Waals surface area (Å²) in [6, 6.07) is 0. The van der Waals surface area contributed by atoms with Gasteiger partial charge in [-0.25, -0.2) is 4.79 Å². The van der Waals surface area contributed by atoms with Gasteiger partial charge >= 0.3 is 11.9 Å². The highest BCUT2D eigenvalue weighted by atomic mass is 16.6. The Balaban J connectivity index is 2.63. The van der Waals surface area contributed by atoms with E-state index in [0.29, 0.717) is 0 Å². The highest BCUT2D eigenvalue weighted by Gasteiger charge is 2.38. The molecule has 1 heterocycles. The van der Waals surface area contributed by atoms with Crippen LogP contribution in [-0.4, -0.2) is 34.4 Å². The topological polar surface area (TPSA) is 83.8 Å². The van der Waals surface area contributed by atoms with Crippen molar-refractivity contribution < 1.29 is 24.5 Å². The molecule has 0 radical (unpaired) electrons. The lowest BCUT2D eigenvalue weighted by Gasteiger charge is -2.05. The van der Waals surface area contributed by atoms with Gasteiger partial charge in [-0.1, -0.05) is 0 Å². The van der Waals surface area contributed by atoms with Gasteiger partial charge < -0.3 is 14.9 Å². The van der Waals surface area contributed by atoms with Crippen LogP contribution < -0.4 is 0 Å². The van der Waals surface area contributed by atoms with Gasteiger partial charge in [0.15, 0.2) is 0 Å². The third-order valence-electron chi connectivity index (χ3n) is 1.23. The molecule has 1 rings (SSSR count). The van der Waals surface area contributed by atoms with E-state index < -0.39 is 24.1 Å². The molecule has 5 nitrogen and oxygen atoms in total. The van der Waals surface area contributed by atoms with Crippen molar-refractivity contribution in [2.45, 2.75) is 18.6 Å². The van der Waals surface area contributed by atoms with Crippen LogP contribution in [0, 0.1) is 0 Å². The number of carbonyl (C=O) groups excluding carboxylic acids is 1. The van der Waals surface area contributed by atoms with Crippen molar-refractivity contribution in [1.29, 1.82) is 0 Å². The van der Waals surface area contributed by atoms with Crippen molar-refractivity contribution in [3.05, 3.63) is 0 Å². The Morgan fingerprint density at radius 3 is 2.50 bits per heavy atom. The minimum absolute atomic E-state index is 0.225. The summed E-state index contributed by atoms with van der Waals surface area (Å²) in [5, 5.41) is 17.1. The quantitative estimate of drug-likeness (QED) is 0.451. The summed E-state index contributed by atoms with van der Waals surface area (Å²) in [5.41, 5.74) is 0. The summed E-state index contributed by atoms with van der Waals surface area (Å²) >= 11 is 0. The maximum atomic E-state index is 10.3. The maximum absolute atomic E-state index is 10.3. The molecular formula is C5H6O5. The first kappa shape index (κ1) is 7.01. The lowest BCUT2D eigenvalue weighted by molar-refractivity contribution is -0.159. The van der Waals surface area contributed by atoms with Gasteiger partial charge in [0.05, 0.1) is 6.42 Å². The number of aliphatic carboxylic acids is 1. The minimum atomic E-state index is -1.37. The second kappa shape index (κ2) is 2.26. The van der Waals surface area contributed by atoms with E-state index in [1.807, 2.05) is 0 Å². The standard InChI is InChI=1S/C5H6O5/c6-2-1-3(7)10-4(2)5(8)9/h2,4,6H,1H2,(H,8,9)/t2-,4-/m0/s1. The molecule has 0 aliphatic carbocycles. The van der Waals surface area contributed by atoms with Crippen molar-refractivity contribution in [3.8, 4) is 0 Å². The van der Waals surface area contributed by atoms with Crippen LogP contribution in [0.5, 0.6) is 0 Å². The van der Waals surface area contributed by atoms with Crippen LogP contribution in [0.3, 0.4) is 0 Å². The number of carboxylic acids is 1. The molecule has 0 spiro atoms. The van der Waals surface area contributed by atoms with Gasteiger partial charge in [-0.3, -0.25) is 4.79 Å². The van der Waals surface area contributed by atoms with E-state index in [9.17, 15) is 9.59 Å². The average molecular weight is 146 g/mol. The third kappa shape index (κ3) is 1.08. The molecule has 0 bridgehead atoms. The largest absolute Gasteiger partial charge is 0.478 e. The number of hydrogen-bond acceptors (Lipinski definition) is 4. The Labute approximate surface area is 56.2 Å². The Hall–Kier alpha value is -1.10. The fraction of sp³-hybridized carbons (Fsp3) is 0.600. The number of ether oxygens (including phenoxy) is 1. The first-order valence-corrected chi connectivity index (χ1v) is 2.71. The smallest absolute Gasteiger partial charge is 0.347 e. The molecule has 56 valence electrons. The molecule has 1 aliphatic heterocycles. The number of hydrogen-bond donors (Lipinski definition) is 2. The molecule has 5 heteroatoms. The molecule has 1 aliphatic rings. The van der Waals surface area contributed by atoms with Crippen molar-refractivity contribution in [1.82, 2.24) is 0 Å². The molecule has 0 aromatic rings. The van der Waals surface area contributed by atoms with E-state index in [4.69, 9.17) is 10.2 Å². The number of aliphatic hydroxyl groups is 1. The van der Waals surface area contributed by atoms with Gasteiger partial charge in [-0.05, 0) is 0 Å². The van der Waals surface area contributed by atoms with Crippen LogP contribution in [-0.2, 0) is 14.3 Å². The van der Waals surface area contributed by atoms with Crippen LogP contribution in [0.4, 0.5) is 0 Å². The van der Waals surface area contributed by atoms with E-state index in [-0.39, 0.29) is 6.42 Å². The summed E-state index contributed by atoms with van der Waals surface area (Å²) in [4.78, 5) is 20.4. The zero-order valence-corrected chi connectivity index (χ0v) is 4.98. The molecule has 0 aromatic carbocycles. The molecule has 1 fully saturated rings. The number of esters is 1. The molecule has 2 N–H and O–H groups in total. The Kier molecular flexibility index (Phi) is 1.58. The lowest BCUT2D eigenvalue weighted by Crippen LogP contribution is -2.29. The summed E-state index contributed by atoms with van der Waals surface area (Å²) in [7, 11) is 0. The molecule has 10 heavy (non-hydrogen) atoms. The molecule has 0 saturated carbocycles. The van der Waals surface area contributed by atoms with Crippen LogP contribution in [0.25, 0.3) is 0 Å². The van der Waals surface area contributed by atoms with Crippen LogP contribution in [0.15, 0.2) is 0 Å². The van der Waals surface area contributed by atoms with E-state index >= 15 is 0 Å². The highest BCUT2D eigenvalue weighted by molar-refractivity contribution is 5.82.